The SMILES string of the molecule is C#Cc1ccccc1C(C(=O)Nc1c(C)cccc1Cl)N(C(=O)C(CCSC)NC(=O)OC(C)(C)C)C(C)C. The lowest BCUT2D eigenvalue weighted by Gasteiger charge is -2.37. The molecule has 0 aliphatic heterocycles. The second-order valence-electron chi connectivity index (χ2n) is 10.4. The summed E-state index contributed by atoms with van der Waals surface area (Å²) in [6, 6.07) is 9.86. The van der Waals surface area contributed by atoms with Crippen LogP contribution in [0.5, 0.6) is 0 Å². The zero-order valence-electron chi connectivity index (χ0n) is 23.6. The summed E-state index contributed by atoms with van der Waals surface area (Å²) < 4.78 is 5.42. The van der Waals surface area contributed by atoms with Gasteiger partial charge in [0.2, 0.25) is 5.91 Å². The minimum atomic E-state index is -1.10. The Labute approximate surface area is 241 Å². The predicted molar refractivity (Wildman–Crippen MR) is 160 cm³/mol. The molecule has 0 saturated heterocycles. The number of nitrogens with zero attached hydrogens (tertiary/aromatic N) is 1. The van der Waals surface area contributed by atoms with E-state index in [1.165, 1.54) is 4.90 Å². The van der Waals surface area contributed by atoms with Gasteiger partial charge < -0.3 is 20.3 Å². The number of benzene rings is 2. The number of hydrogen-bond donors (Lipinski definition) is 2. The van der Waals surface area contributed by atoms with Crippen molar-refractivity contribution in [1.29, 1.82) is 0 Å². The van der Waals surface area contributed by atoms with Gasteiger partial charge in [-0.3, -0.25) is 9.59 Å². The fourth-order valence-corrected chi connectivity index (χ4v) is 4.81. The molecule has 0 aliphatic carbocycles. The summed E-state index contributed by atoms with van der Waals surface area (Å²) in [7, 11) is 0. The van der Waals surface area contributed by atoms with Crippen molar-refractivity contribution in [2.45, 2.75) is 71.7 Å². The fraction of sp³-hybridized carbons (Fsp3) is 0.433. The first-order valence-corrected chi connectivity index (χ1v) is 14.5. The van der Waals surface area contributed by atoms with E-state index in [-0.39, 0.29) is 0 Å². The Morgan fingerprint density at radius 1 is 1.13 bits per heavy atom. The van der Waals surface area contributed by atoms with Gasteiger partial charge in [-0.25, -0.2) is 4.79 Å². The monoisotopic (exact) mass is 571 g/mol. The number of nitrogens with one attached hydrogen (secondary N) is 2. The highest BCUT2D eigenvalue weighted by atomic mass is 35.5. The largest absolute Gasteiger partial charge is 0.444 e. The van der Waals surface area contributed by atoms with Gasteiger partial charge in [0.05, 0.1) is 10.7 Å². The molecule has 3 amide bonds. The second kappa shape index (κ2) is 14.3. The summed E-state index contributed by atoms with van der Waals surface area (Å²) >= 11 is 7.96. The molecule has 2 aromatic carbocycles. The van der Waals surface area contributed by atoms with E-state index in [2.05, 4.69) is 16.6 Å². The second-order valence-corrected chi connectivity index (χ2v) is 11.8. The minimum absolute atomic E-state index is 0.344. The molecular formula is C30H38ClN3O4S. The van der Waals surface area contributed by atoms with Crippen molar-refractivity contribution in [2.24, 2.45) is 0 Å². The van der Waals surface area contributed by atoms with Crippen LogP contribution < -0.4 is 10.6 Å². The molecule has 0 saturated carbocycles. The molecule has 0 heterocycles. The van der Waals surface area contributed by atoms with Crippen LogP contribution in [0, 0.1) is 19.3 Å². The molecule has 0 fully saturated rings. The van der Waals surface area contributed by atoms with E-state index in [9.17, 15) is 14.4 Å². The molecule has 0 spiro atoms. The Bertz CT molecular complexity index is 1200. The summed E-state index contributed by atoms with van der Waals surface area (Å²) in [5.74, 6) is 2.34. The average molecular weight is 572 g/mol. The molecule has 2 aromatic rings. The van der Waals surface area contributed by atoms with E-state index in [0.29, 0.717) is 34.0 Å². The molecular weight excluding hydrogens is 534 g/mol. The lowest BCUT2D eigenvalue weighted by Crippen LogP contribution is -2.54. The number of para-hydroxylation sites is 1. The number of anilines is 1. The van der Waals surface area contributed by atoms with Gasteiger partial charge in [0.15, 0.2) is 0 Å². The van der Waals surface area contributed by atoms with Crippen LogP contribution in [0.4, 0.5) is 10.5 Å². The van der Waals surface area contributed by atoms with Crippen LogP contribution in [0.3, 0.4) is 0 Å². The van der Waals surface area contributed by atoms with Gasteiger partial charge in [-0.15, -0.1) is 6.42 Å². The van der Waals surface area contributed by atoms with Crippen molar-refractivity contribution in [1.82, 2.24) is 10.2 Å². The number of terminal acetylenes is 1. The predicted octanol–water partition coefficient (Wildman–Crippen LogP) is 6.19. The van der Waals surface area contributed by atoms with Crippen molar-refractivity contribution in [3.8, 4) is 12.3 Å². The van der Waals surface area contributed by atoms with Crippen LogP contribution in [0.25, 0.3) is 0 Å². The lowest BCUT2D eigenvalue weighted by molar-refractivity contribution is -0.143. The van der Waals surface area contributed by atoms with Crippen LogP contribution >= 0.6 is 23.4 Å². The summed E-state index contributed by atoms with van der Waals surface area (Å²) in [4.78, 5) is 42.4. The topological polar surface area (TPSA) is 87.7 Å². The number of halogens is 1. The smallest absolute Gasteiger partial charge is 0.408 e. The summed E-state index contributed by atoms with van der Waals surface area (Å²) in [5, 5.41) is 6.02. The van der Waals surface area contributed by atoms with Gasteiger partial charge in [-0.1, -0.05) is 47.9 Å². The Hall–Kier alpha value is -3.15. The number of carbonyl (C=O) groups is 3. The summed E-state index contributed by atoms with van der Waals surface area (Å²) in [5.41, 5.74) is 1.45. The number of hydrogen-bond acceptors (Lipinski definition) is 5. The highest BCUT2D eigenvalue weighted by Crippen LogP contribution is 2.32. The highest BCUT2D eigenvalue weighted by molar-refractivity contribution is 7.98. The Morgan fingerprint density at radius 2 is 1.79 bits per heavy atom. The molecule has 0 aliphatic rings. The van der Waals surface area contributed by atoms with Crippen LogP contribution in [-0.4, -0.2) is 52.5 Å². The van der Waals surface area contributed by atoms with E-state index in [0.717, 1.165) is 5.56 Å². The van der Waals surface area contributed by atoms with Gasteiger partial charge in [0.1, 0.15) is 17.7 Å². The number of ether oxygens (including phenoxy) is 1. The lowest BCUT2D eigenvalue weighted by atomic mass is 9.96. The number of aryl methyl sites for hydroxylation is 1. The van der Waals surface area contributed by atoms with Crippen LogP contribution in [0.15, 0.2) is 42.5 Å². The molecule has 210 valence electrons. The quantitative estimate of drug-likeness (QED) is 0.332. The van der Waals surface area contributed by atoms with Crippen molar-refractivity contribution in [3.63, 3.8) is 0 Å². The van der Waals surface area contributed by atoms with Crippen LogP contribution in [0.2, 0.25) is 5.02 Å². The molecule has 2 N–H and O–H groups in total. The number of amides is 3. The van der Waals surface area contributed by atoms with Crippen molar-refractivity contribution >= 4 is 47.0 Å². The standard InChI is InChI=1S/C30H38ClN3O4S/c1-9-21-14-10-11-15-22(21)26(27(35)33-25-20(4)13-12-16-23(25)31)34(19(2)3)28(36)24(17-18-39-8)32-29(37)38-30(5,6)7/h1,10-16,19,24,26H,17-18H2,2-8H3,(H,32,37)(H,33,35). The maximum atomic E-state index is 14.2. The third-order valence-corrected chi connectivity index (χ3v) is 6.78. The number of carbonyl (C=O) groups excluding carboxylic acids is 3. The van der Waals surface area contributed by atoms with Crippen molar-refractivity contribution in [3.05, 3.63) is 64.2 Å². The molecule has 9 heteroatoms. The van der Waals surface area contributed by atoms with E-state index in [4.69, 9.17) is 22.8 Å². The fourth-order valence-electron chi connectivity index (χ4n) is 4.07. The maximum absolute atomic E-state index is 14.2. The molecule has 0 radical (unpaired) electrons. The van der Waals surface area contributed by atoms with Crippen LogP contribution in [0.1, 0.15) is 63.8 Å². The van der Waals surface area contributed by atoms with E-state index in [1.54, 1.807) is 68.9 Å². The zero-order chi connectivity index (χ0) is 29.3. The van der Waals surface area contributed by atoms with Gasteiger partial charge in [0, 0.05) is 11.6 Å². The first kappa shape index (κ1) is 32.1. The van der Waals surface area contributed by atoms with Gasteiger partial charge in [-0.05, 0) is 83.2 Å². The first-order chi connectivity index (χ1) is 18.3. The molecule has 2 atom stereocenters. The van der Waals surface area contributed by atoms with Crippen molar-refractivity contribution < 1.29 is 19.1 Å². The van der Waals surface area contributed by atoms with E-state index >= 15 is 0 Å². The molecule has 0 bridgehead atoms. The van der Waals surface area contributed by atoms with Gasteiger partial charge in [-0.2, -0.15) is 11.8 Å². The summed E-state index contributed by atoms with van der Waals surface area (Å²) in [6.07, 6.45) is 7.36. The zero-order valence-corrected chi connectivity index (χ0v) is 25.2. The minimum Gasteiger partial charge on any atom is -0.444 e. The molecule has 7 nitrogen and oxygen atoms in total. The number of thioether (sulfide) groups is 1. The first-order valence-electron chi connectivity index (χ1n) is 12.7. The molecule has 0 aromatic heterocycles. The van der Waals surface area contributed by atoms with E-state index < -0.39 is 41.6 Å². The molecule has 39 heavy (non-hydrogen) atoms. The van der Waals surface area contributed by atoms with Gasteiger partial charge >= 0.3 is 6.09 Å². The number of rotatable bonds is 10. The van der Waals surface area contributed by atoms with Crippen LogP contribution in [-0.2, 0) is 14.3 Å². The third kappa shape index (κ3) is 8.94. The highest BCUT2D eigenvalue weighted by Gasteiger charge is 2.38. The Morgan fingerprint density at radius 3 is 2.36 bits per heavy atom. The maximum Gasteiger partial charge on any atom is 0.408 e. The van der Waals surface area contributed by atoms with Crippen molar-refractivity contribution in [2.75, 3.05) is 17.3 Å². The molecule has 2 unspecified atom stereocenters. The Kier molecular flexibility index (Phi) is 11.8. The third-order valence-electron chi connectivity index (χ3n) is 5.82. The normalized spacial score (nSPS) is 12.7. The molecule has 2 rings (SSSR count). The average Bonchev–Trinajstić information content (AvgIpc) is 2.85. The van der Waals surface area contributed by atoms with E-state index in [1.807, 2.05) is 33.1 Å². The summed E-state index contributed by atoms with van der Waals surface area (Å²) in [6.45, 7) is 10.7. The Balaban J connectivity index is 2.61. The number of alkyl carbamates (subject to hydrolysis) is 1. The van der Waals surface area contributed by atoms with Gasteiger partial charge in [0.25, 0.3) is 5.91 Å².